The molecule has 0 spiro atoms. The molecule has 1 aliphatic rings. The quantitative estimate of drug-likeness (QED) is 0.809. The number of carbonyl (C=O) groups excluding carboxylic acids is 2. The second-order valence-corrected chi connectivity index (χ2v) is 7.08. The minimum absolute atomic E-state index is 0.0241. The van der Waals surface area contributed by atoms with Gasteiger partial charge in [0.25, 0.3) is 11.8 Å². The molecule has 0 aromatic carbocycles. The molecule has 0 bridgehead atoms. The fourth-order valence-electron chi connectivity index (χ4n) is 3.34. The van der Waals surface area contributed by atoms with Crippen LogP contribution in [0.15, 0.2) is 24.9 Å². The summed E-state index contributed by atoms with van der Waals surface area (Å²) >= 11 is 0. The molecular formula is C19H24N6O2. The van der Waals surface area contributed by atoms with E-state index in [1.807, 2.05) is 11.8 Å². The lowest BCUT2D eigenvalue weighted by Gasteiger charge is -2.33. The molecular weight excluding hydrogens is 344 g/mol. The fourth-order valence-corrected chi connectivity index (χ4v) is 3.34. The first kappa shape index (κ1) is 18.9. The summed E-state index contributed by atoms with van der Waals surface area (Å²) in [5.74, 6) is 0.132. The SMILES string of the molecule is Cc1ncncc1C(=O)N1CCCC(Cc2cc(C(=O)N(C)C)ncn2)C1. The van der Waals surface area contributed by atoms with Gasteiger partial charge in [-0.2, -0.15) is 0 Å². The third-order valence-electron chi connectivity index (χ3n) is 4.79. The number of amides is 2. The van der Waals surface area contributed by atoms with E-state index >= 15 is 0 Å². The number of rotatable bonds is 4. The van der Waals surface area contributed by atoms with Crippen molar-refractivity contribution in [3.63, 3.8) is 0 Å². The highest BCUT2D eigenvalue weighted by molar-refractivity contribution is 5.95. The van der Waals surface area contributed by atoms with E-state index in [0.717, 1.165) is 25.1 Å². The molecule has 8 nitrogen and oxygen atoms in total. The highest BCUT2D eigenvalue weighted by Crippen LogP contribution is 2.22. The Morgan fingerprint density at radius 3 is 2.78 bits per heavy atom. The summed E-state index contributed by atoms with van der Waals surface area (Å²) in [7, 11) is 3.40. The van der Waals surface area contributed by atoms with Gasteiger partial charge in [0.2, 0.25) is 0 Å². The molecule has 1 atom stereocenters. The lowest BCUT2D eigenvalue weighted by atomic mass is 9.92. The maximum absolute atomic E-state index is 12.8. The number of nitrogens with zero attached hydrogens (tertiary/aromatic N) is 6. The molecule has 0 N–H and O–H groups in total. The summed E-state index contributed by atoms with van der Waals surface area (Å²) in [6.45, 7) is 3.21. The van der Waals surface area contributed by atoms with Gasteiger partial charge < -0.3 is 9.80 Å². The molecule has 0 aliphatic carbocycles. The van der Waals surface area contributed by atoms with Crippen LogP contribution in [0.3, 0.4) is 0 Å². The van der Waals surface area contributed by atoms with Gasteiger partial charge in [0.15, 0.2) is 0 Å². The van der Waals surface area contributed by atoms with Crippen molar-refractivity contribution in [2.75, 3.05) is 27.2 Å². The van der Waals surface area contributed by atoms with Crippen LogP contribution in [-0.4, -0.2) is 68.7 Å². The van der Waals surface area contributed by atoms with Gasteiger partial charge in [0.05, 0.1) is 11.3 Å². The second-order valence-electron chi connectivity index (χ2n) is 7.08. The van der Waals surface area contributed by atoms with Crippen LogP contribution in [0.1, 0.15) is 45.1 Å². The maximum atomic E-state index is 12.8. The Labute approximate surface area is 158 Å². The molecule has 2 aromatic heterocycles. The number of carbonyl (C=O) groups is 2. The molecule has 1 fully saturated rings. The molecule has 3 rings (SSSR count). The highest BCUT2D eigenvalue weighted by atomic mass is 16.2. The highest BCUT2D eigenvalue weighted by Gasteiger charge is 2.26. The maximum Gasteiger partial charge on any atom is 0.272 e. The van der Waals surface area contributed by atoms with Gasteiger partial charge in [-0.05, 0) is 38.2 Å². The number of aryl methyl sites for hydroxylation is 1. The zero-order valence-corrected chi connectivity index (χ0v) is 15.9. The fraction of sp³-hybridized carbons (Fsp3) is 0.474. The number of hydrogen-bond acceptors (Lipinski definition) is 6. The first-order chi connectivity index (χ1) is 13.0. The van der Waals surface area contributed by atoms with Crippen LogP contribution in [0.2, 0.25) is 0 Å². The molecule has 2 aromatic rings. The molecule has 142 valence electrons. The predicted molar refractivity (Wildman–Crippen MR) is 99.2 cm³/mol. The average Bonchev–Trinajstić information content (AvgIpc) is 2.67. The van der Waals surface area contributed by atoms with Crippen LogP contribution in [-0.2, 0) is 6.42 Å². The van der Waals surface area contributed by atoms with Crippen molar-refractivity contribution in [3.8, 4) is 0 Å². The number of piperidine rings is 1. The molecule has 27 heavy (non-hydrogen) atoms. The topological polar surface area (TPSA) is 92.2 Å². The van der Waals surface area contributed by atoms with Gasteiger partial charge in [0.1, 0.15) is 18.3 Å². The molecule has 0 saturated carbocycles. The van der Waals surface area contributed by atoms with Crippen molar-refractivity contribution in [1.29, 1.82) is 0 Å². The minimum Gasteiger partial charge on any atom is -0.343 e. The van der Waals surface area contributed by atoms with Gasteiger partial charge in [-0.3, -0.25) is 9.59 Å². The zero-order chi connectivity index (χ0) is 19.4. The summed E-state index contributed by atoms with van der Waals surface area (Å²) < 4.78 is 0. The largest absolute Gasteiger partial charge is 0.343 e. The van der Waals surface area contributed by atoms with Crippen LogP contribution in [0.5, 0.6) is 0 Å². The van der Waals surface area contributed by atoms with Gasteiger partial charge in [-0.25, -0.2) is 19.9 Å². The Morgan fingerprint density at radius 2 is 2.04 bits per heavy atom. The van der Waals surface area contributed by atoms with Crippen molar-refractivity contribution < 1.29 is 9.59 Å². The van der Waals surface area contributed by atoms with E-state index < -0.39 is 0 Å². The van der Waals surface area contributed by atoms with E-state index in [4.69, 9.17) is 0 Å². The summed E-state index contributed by atoms with van der Waals surface area (Å²) in [6.07, 6.45) is 7.14. The van der Waals surface area contributed by atoms with E-state index in [0.29, 0.717) is 35.8 Å². The van der Waals surface area contributed by atoms with Crippen LogP contribution >= 0.6 is 0 Å². The second kappa shape index (κ2) is 8.20. The lowest BCUT2D eigenvalue weighted by molar-refractivity contribution is 0.0671. The lowest BCUT2D eigenvalue weighted by Crippen LogP contribution is -2.41. The molecule has 1 aliphatic heterocycles. The summed E-state index contributed by atoms with van der Waals surface area (Å²) in [5, 5.41) is 0. The molecule has 1 saturated heterocycles. The number of hydrogen-bond donors (Lipinski definition) is 0. The molecule has 1 unspecified atom stereocenters. The third kappa shape index (κ3) is 4.45. The van der Waals surface area contributed by atoms with Gasteiger partial charge in [-0.15, -0.1) is 0 Å². The van der Waals surface area contributed by atoms with Gasteiger partial charge >= 0.3 is 0 Å². The zero-order valence-electron chi connectivity index (χ0n) is 15.9. The van der Waals surface area contributed by atoms with E-state index in [9.17, 15) is 9.59 Å². The Hall–Kier alpha value is -2.90. The smallest absolute Gasteiger partial charge is 0.272 e. The van der Waals surface area contributed by atoms with Crippen LogP contribution in [0, 0.1) is 12.8 Å². The van der Waals surface area contributed by atoms with Crippen LogP contribution in [0.25, 0.3) is 0 Å². The summed E-state index contributed by atoms with van der Waals surface area (Å²) in [6, 6.07) is 1.75. The number of aromatic nitrogens is 4. The van der Waals surface area contributed by atoms with Gasteiger partial charge in [-0.1, -0.05) is 0 Å². The Morgan fingerprint density at radius 1 is 1.22 bits per heavy atom. The Kier molecular flexibility index (Phi) is 5.73. The van der Waals surface area contributed by atoms with Crippen LogP contribution in [0.4, 0.5) is 0 Å². The third-order valence-corrected chi connectivity index (χ3v) is 4.79. The van der Waals surface area contributed by atoms with Crippen molar-refractivity contribution in [2.45, 2.75) is 26.2 Å². The van der Waals surface area contributed by atoms with Crippen molar-refractivity contribution in [1.82, 2.24) is 29.7 Å². The normalized spacial score (nSPS) is 16.9. The standard InChI is InChI=1S/C19H24N6O2/c1-13-16(9-20-11-21-13)18(26)25-6-4-5-14(10-25)7-15-8-17(23-12-22-15)19(27)24(2)3/h8-9,11-12,14H,4-7,10H2,1-3H3. The first-order valence-electron chi connectivity index (χ1n) is 9.04. The van der Waals surface area contributed by atoms with Gasteiger partial charge in [0, 0.05) is 39.1 Å². The van der Waals surface area contributed by atoms with Crippen molar-refractivity contribution in [2.24, 2.45) is 5.92 Å². The van der Waals surface area contributed by atoms with Crippen LogP contribution < -0.4 is 0 Å². The summed E-state index contributed by atoms with van der Waals surface area (Å²) in [5.41, 5.74) is 2.47. The average molecular weight is 368 g/mol. The molecule has 0 radical (unpaired) electrons. The summed E-state index contributed by atoms with van der Waals surface area (Å²) in [4.78, 5) is 44.7. The molecule has 2 amide bonds. The van der Waals surface area contributed by atoms with Crippen molar-refractivity contribution >= 4 is 11.8 Å². The Balaban J connectivity index is 1.69. The monoisotopic (exact) mass is 368 g/mol. The predicted octanol–water partition coefficient (Wildman–Crippen LogP) is 1.37. The van der Waals surface area contributed by atoms with E-state index in [2.05, 4.69) is 19.9 Å². The minimum atomic E-state index is -0.140. The van der Waals surface area contributed by atoms with E-state index in [1.165, 1.54) is 17.6 Å². The molecule has 3 heterocycles. The first-order valence-corrected chi connectivity index (χ1v) is 9.04. The number of likely N-dealkylation sites (tertiary alicyclic amines) is 1. The van der Waals surface area contributed by atoms with E-state index in [-0.39, 0.29) is 11.8 Å². The molecule has 8 heteroatoms. The Bertz CT molecular complexity index is 838. The van der Waals surface area contributed by atoms with E-state index in [1.54, 1.807) is 26.4 Å². The van der Waals surface area contributed by atoms with Crippen molar-refractivity contribution in [3.05, 3.63) is 47.6 Å².